The number of ether oxygens (including phenoxy) is 1. The summed E-state index contributed by atoms with van der Waals surface area (Å²) in [5, 5.41) is 6.55. The van der Waals surface area contributed by atoms with Crippen LogP contribution in [0.15, 0.2) is 29.9 Å². The minimum atomic E-state index is 0.00512. The van der Waals surface area contributed by atoms with Gasteiger partial charge in [-0.2, -0.15) is 5.10 Å². The average Bonchev–Trinajstić information content (AvgIpc) is 3.32. The lowest BCUT2D eigenvalue weighted by Gasteiger charge is -2.37. The highest BCUT2D eigenvalue weighted by Gasteiger charge is 2.43. The van der Waals surface area contributed by atoms with Crippen LogP contribution in [0.2, 0.25) is 0 Å². The number of likely N-dealkylation sites (tertiary alicyclic amines) is 1. The van der Waals surface area contributed by atoms with E-state index >= 15 is 0 Å². The van der Waals surface area contributed by atoms with Crippen molar-refractivity contribution < 1.29 is 4.74 Å². The summed E-state index contributed by atoms with van der Waals surface area (Å²) in [6.07, 6.45) is 7.73. The highest BCUT2D eigenvalue weighted by atomic mass is 32.1. The summed E-state index contributed by atoms with van der Waals surface area (Å²) < 4.78 is 7.82. The fourth-order valence-corrected chi connectivity index (χ4v) is 4.60. The fourth-order valence-electron chi connectivity index (χ4n) is 3.89. The maximum absolute atomic E-state index is 5.92. The zero-order chi connectivity index (χ0) is 17.9. The molecule has 0 spiro atoms. The largest absolute Gasteiger partial charge is 0.381 e. The summed E-state index contributed by atoms with van der Waals surface area (Å²) in [5.74, 6) is 0. The van der Waals surface area contributed by atoms with E-state index in [-0.39, 0.29) is 11.0 Å². The zero-order valence-corrected chi connectivity index (χ0v) is 16.8. The summed E-state index contributed by atoms with van der Waals surface area (Å²) >= 11 is 1.87. The molecule has 138 valence electrons. The van der Waals surface area contributed by atoms with Crippen molar-refractivity contribution in [1.29, 1.82) is 0 Å². The molecule has 1 fully saturated rings. The van der Waals surface area contributed by atoms with Crippen LogP contribution < -0.4 is 0 Å². The van der Waals surface area contributed by atoms with Gasteiger partial charge in [-0.1, -0.05) is 6.07 Å². The molecule has 0 amide bonds. The Morgan fingerprint density at radius 3 is 2.88 bits per heavy atom. The number of hydrogen-bond donors (Lipinski definition) is 0. The number of aromatic nitrogens is 2. The van der Waals surface area contributed by atoms with Crippen molar-refractivity contribution in [2.75, 3.05) is 26.3 Å². The van der Waals surface area contributed by atoms with Gasteiger partial charge in [0.15, 0.2) is 0 Å². The molecule has 25 heavy (non-hydrogen) atoms. The predicted molar refractivity (Wildman–Crippen MR) is 104 cm³/mol. The summed E-state index contributed by atoms with van der Waals surface area (Å²) in [7, 11) is 1.99. The van der Waals surface area contributed by atoms with Gasteiger partial charge in [-0.05, 0) is 58.0 Å². The molecule has 1 atom stereocenters. The molecular formula is C20H31N3OS. The highest BCUT2D eigenvalue weighted by Crippen LogP contribution is 2.41. The van der Waals surface area contributed by atoms with Crippen LogP contribution >= 0.6 is 11.3 Å². The van der Waals surface area contributed by atoms with E-state index < -0.39 is 0 Å². The van der Waals surface area contributed by atoms with Gasteiger partial charge in [0.25, 0.3) is 0 Å². The van der Waals surface area contributed by atoms with Crippen LogP contribution in [-0.2, 0) is 23.7 Å². The van der Waals surface area contributed by atoms with E-state index in [9.17, 15) is 0 Å². The van der Waals surface area contributed by atoms with Crippen molar-refractivity contribution >= 4 is 11.3 Å². The minimum absolute atomic E-state index is 0.00512. The van der Waals surface area contributed by atoms with Crippen LogP contribution in [0.4, 0.5) is 0 Å². The first-order valence-electron chi connectivity index (χ1n) is 9.29. The molecule has 1 saturated heterocycles. The van der Waals surface area contributed by atoms with E-state index in [0.29, 0.717) is 0 Å². The van der Waals surface area contributed by atoms with Gasteiger partial charge in [-0.3, -0.25) is 9.58 Å². The van der Waals surface area contributed by atoms with Crippen molar-refractivity contribution in [1.82, 2.24) is 14.7 Å². The van der Waals surface area contributed by atoms with Crippen LogP contribution in [0, 0.1) is 5.41 Å². The Kier molecular flexibility index (Phi) is 5.66. The quantitative estimate of drug-likeness (QED) is 0.710. The molecule has 0 radical (unpaired) electrons. The van der Waals surface area contributed by atoms with Gasteiger partial charge in [0, 0.05) is 47.8 Å². The molecule has 0 N–H and O–H groups in total. The third kappa shape index (κ3) is 4.15. The lowest BCUT2D eigenvalue weighted by molar-refractivity contribution is 0.0386. The molecule has 3 heterocycles. The second-order valence-electron chi connectivity index (χ2n) is 7.85. The molecule has 1 aliphatic rings. The van der Waals surface area contributed by atoms with Gasteiger partial charge in [-0.25, -0.2) is 0 Å². The van der Waals surface area contributed by atoms with Gasteiger partial charge < -0.3 is 4.74 Å². The van der Waals surface area contributed by atoms with Crippen LogP contribution in [0.25, 0.3) is 0 Å². The first-order chi connectivity index (χ1) is 12.0. The third-order valence-electron chi connectivity index (χ3n) is 5.73. The summed E-state index contributed by atoms with van der Waals surface area (Å²) in [6.45, 7) is 10.6. The number of thiophene rings is 1. The Morgan fingerprint density at radius 1 is 1.40 bits per heavy atom. The van der Waals surface area contributed by atoms with E-state index in [4.69, 9.17) is 4.74 Å². The van der Waals surface area contributed by atoms with Crippen molar-refractivity contribution in [2.24, 2.45) is 12.5 Å². The Morgan fingerprint density at radius 2 is 2.24 bits per heavy atom. The lowest BCUT2D eigenvalue weighted by Crippen LogP contribution is -2.42. The molecule has 2 aromatic heterocycles. The number of hydrogen-bond acceptors (Lipinski definition) is 4. The predicted octanol–water partition coefficient (Wildman–Crippen LogP) is 4.08. The van der Waals surface area contributed by atoms with Crippen LogP contribution in [0.1, 0.15) is 44.1 Å². The fraction of sp³-hybridized carbons (Fsp3) is 0.650. The van der Waals surface area contributed by atoms with E-state index in [1.54, 1.807) is 0 Å². The van der Waals surface area contributed by atoms with E-state index in [2.05, 4.69) is 54.5 Å². The SMILES string of the molecule is CCOCC1(CCc2cccs2)CCN(C(C)(C)c2cnn(C)c2)C1. The molecule has 3 rings (SSSR count). The van der Waals surface area contributed by atoms with Crippen LogP contribution in [0.5, 0.6) is 0 Å². The second kappa shape index (κ2) is 7.60. The first kappa shape index (κ1) is 18.6. The van der Waals surface area contributed by atoms with Gasteiger partial charge in [0.05, 0.1) is 12.8 Å². The molecule has 0 bridgehead atoms. The normalized spacial score (nSPS) is 21.9. The van der Waals surface area contributed by atoms with Gasteiger partial charge in [-0.15, -0.1) is 11.3 Å². The van der Waals surface area contributed by atoms with Gasteiger partial charge in [0.1, 0.15) is 0 Å². The van der Waals surface area contributed by atoms with Crippen molar-refractivity contribution in [3.05, 3.63) is 40.3 Å². The second-order valence-corrected chi connectivity index (χ2v) is 8.88. The number of rotatable bonds is 8. The minimum Gasteiger partial charge on any atom is -0.381 e. The Labute approximate surface area is 155 Å². The Balaban J connectivity index is 1.72. The average molecular weight is 362 g/mol. The van der Waals surface area contributed by atoms with Gasteiger partial charge in [0.2, 0.25) is 0 Å². The standard InChI is InChI=1S/C20H31N3OS/c1-5-24-16-20(9-8-18-7-6-12-25-18)10-11-23(15-20)19(2,3)17-13-21-22(4)14-17/h6-7,12-14H,5,8-11,15-16H2,1-4H3. The summed E-state index contributed by atoms with van der Waals surface area (Å²) in [6, 6.07) is 4.41. The molecule has 2 aromatic rings. The maximum Gasteiger partial charge on any atom is 0.0540 e. The lowest BCUT2D eigenvalue weighted by atomic mass is 9.82. The maximum atomic E-state index is 5.92. The Hall–Kier alpha value is -1.17. The first-order valence-corrected chi connectivity index (χ1v) is 10.2. The van der Waals surface area contributed by atoms with Crippen molar-refractivity contribution in [3.8, 4) is 0 Å². The van der Waals surface area contributed by atoms with Crippen molar-refractivity contribution in [3.63, 3.8) is 0 Å². The molecule has 0 aliphatic carbocycles. The van der Waals surface area contributed by atoms with E-state index in [0.717, 1.165) is 32.7 Å². The van der Waals surface area contributed by atoms with E-state index in [1.807, 2.05) is 29.3 Å². The van der Waals surface area contributed by atoms with Gasteiger partial charge >= 0.3 is 0 Å². The van der Waals surface area contributed by atoms with Crippen molar-refractivity contribution in [2.45, 2.75) is 45.6 Å². The topological polar surface area (TPSA) is 30.3 Å². The third-order valence-corrected chi connectivity index (χ3v) is 6.67. The zero-order valence-electron chi connectivity index (χ0n) is 16.0. The van der Waals surface area contributed by atoms with Crippen LogP contribution in [-0.4, -0.2) is 41.0 Å². The summed E-state index contributed by atoms with van der Waals surface area (Å²) in [4.78, 5) is 4.11. The molecule has 1 unspecified atom stereocenters. The van der Waals surface area contributed by atoms with E-state index in [1.165, 1.54) is 23.3 Å². The molecular weight excluding hydrogens is 330 g/mol. The molecule has 4 nitrogen and oxygen atoms in total. The molecule has 0 saturated carbocycles. The summed E-state index contributed by atoms with van der Waals surface area (Å²) in [5.41, 5.74) is 1.56. The molecule has 5 heteroatoms. The Bertz CT molecular complexity index is 664. The molecule has 1 aliphatic heterocycles. The molecule has 0 aromatic carbocycles. The number of aryl methyl sites for hydroxylation is 2. The number of nitrogens with zero attached hydrogens (tertiary/aromatic N) is 3. The van der Waals surface area contributed by atoms with Crippen LogP contribution in [0.3, 0.4) is 0 Å². The highest BCUT2D eigenvalue weighted by molar-refractivity contribution is 7.09. The smallest absolute Gasteiger partial charge is 0.0540 e. The monoisotopic (exact) mass is 361 g/mol.